The maximum absolute atomic E-state index is 11.9. The Balaban J connectivity index is 2.43. The van der Waals surface area contributed by atoms with E-state index >= 15 is 0 Å². The highest BCUT2D eigenvalue weighted by Crippen LogP contribution is 2.02. The second-order valence-electron chi connectivity index (χ2n) is 4.51. The number of hydrogen-bond acceptors (Lipinski definition) is 3. The molecule has 0 heterocycles. The van der Waals surface area contributed by atoms with Gasteiger partial charge in [0.2, 0.25) is 0 Å². The number of likely N-dealkylation sites (N-methyl/N-ethyl adjacent to an activating group) is 1. The van der Waals surface area contributed by atoms with Gasteiger partial charge in [-0.2, -0.15) is 0 Å². The van der Waals surface area contributed by atoms with Gasteiger partial charge in [0.15, 0.2) is 5.78 Å². The van der Waals surface area contributed by atoms with Crippen molar-refractivity contribution in [3.63, 3.8) is 0 Å². The summed E-state index contributed by atoms with van der Waals surface area (Å²) in [5, 5.41) is 3.28. The summed E-state index contributed by atoms with van der Waals surface area (Å²) in [7, 11) is 0. The number of carbonyl (C=O) groups is 1. The third-order valence-corrected chi connectivity index (χ3v) is 3.13. The van der Waals surface area contributed by atoms with Gasteiger partial charge in [0, 0.05) is 30.4 Å². The molecule has 0 saturated carbocycles. The topological polar surface area (TPSA) is 32.3 Å². The van der Waals surface area contributed by atoms with Crippen LogP contribution >= 0.6 is 0 Å². The Kier molecular flexibility index (Phi) is 6.90. The second kappa shape index (κ2) is 8.48. The molecule has 0 spiro atoms. The van der Waals surface area contributed by atoms with Gasteiger partial charge in [-0.05, 0) is 20.0 Å². The number of nitrogens with zero attached hydrogens (tertiary/aromatic N) is 1. The van der Waals surface area contributed by atoms with Crippen LogP contribution in [-0.2, 0) is 0 Å². The van der Waals surface area contributed by atoms with Crippen molar-refractivity contribution >= 4 is 5.78 Å². The molecule has 0 unspecified atom stereocenters. The minimum absolute atomic E-state index is 0.0495. The van der Waals surface area contributed by atoms with Crippen molar-refractivity contribution in [1.29, 1.82) is 0 Å². The first-order chi connectivity index (χ1) is 9.17. The van der Waals surface area contributed by atoms with Gasteiger partial charge in [0.1, 0.15) is 0 Å². The Labute approximate surface area is 116 Å². The molecule has 0 aromatic heterocycles. The van der Waals surface area contributed by atoms with Gasteiger partial charge < -0.3 is 10.2 Å². The third kappa shape index (κ3) is 5.71. The largest absolute Gasteiger partial charge is 0.387 e. The van der Waals surface area contributed by atoms with Crippen molar-refractivity contribution in [2.75, 3.05) is 26.2 Å². The molecule has 0 amide bonds. The zero-order valence-electron chi connectivity index (χ0n) is 12.1. The van der Waals surface area contributed by atoms with Gasteiger partial charge in [-0.1, -0.05) is 44.2 Å². The fourth-order valence-electron chi connectivity index (χ4n) is 1.88. The average molecular weight is 260 g/mol. The lowest BCUT2D eigenvalue weighted by Gasteiger charge is -2.18. The van der Waals surface area contributed by atoms with Gasteiger partial charge >= 0.3 is 0 Å². The molecule has 0 aliphatic carbocycles. The second-order valence-corrected chi connectivity index (χ2v) is 4.51. The molecule has 0 bridgehead atoms. The van der Waals surface area contributed by atoms with Crippen molar-refractivity contribution in [1.82, 2.24) is 10.2 Å². The maximum Gasteiger partial charge on any atom is 0.187 e. The van der Waals surface area contributed by atoms with Crippen LogP contribution in [0.3, 0.4) is 0 Å². The lowest BCUT2D eigenvalue weighted by Crippen LogP contribution is -2.31. The van der Waals surface area contributed by atoms with Gasteiger partial charge in [-0.25, -0.2) is 0 Å². The van der Waals surface area contributed by atoms with Crippen LogP contribution in [0.1, 0.15) is 31.1 Å². The van der Waals surface area contributed by atoms with Crippen molar-refractivity contribution in [3.8, 4) is 0 Å². The fourth-order valence-corrected chi connectivity index (χ4v) is 1.88. The quantitative estimate of drug-likeness (QED) is 0.576. The van der Waals surface area contributed by atoms with Crippen LogP contribution in [0.2, 0.25) is 0 Å². The first-order valence-electron chi connectivity index (χ1n) is 6.91. The van der Waals surface area contributed by atoms with E-state index in [1.165, 1.54) is 0 Å². The number of benzene rings is 1. The van der Waals surface area contributed by atoms with E-state index in [1.54, 1.807) is 6.08 Å². The van der Waals surface area contributed by atoms with Gasteiger partial charge in [0.25, 0.3) is 0 Å². The average Bonchev–Trinajstić information content (AvgIpc) is 2.44. The number of ketones is 1. The van der Waals surface area contributed by atoms with Crippen LogP contribution in [0.25, 0.3) is 0 Å². The number of nitrogens with one attached hydrogen (secondary N) is 1. The van der Waals surface area contributed by atoms with Gasteiger partial charge in [-0.15, -0.1) is 0 Å². The molecule has 0 fully saturated rings. The van der Waals surface area contributed by atoms with Crippen LogP contribution in [0.5, 0.6) is 0 Å². The van der Waals surface area contributed by atoms with Crippen molar-refractivity contribution in [2.45, 2.75) is 20.8 Å². The van der Waals surface area contributed by atoms with E-state index in [9.17, 15) is 4.79 Å². The highest BCUT2D eigenvalue weighted by Gasteiger charge is 2.02. The fraction of sp³-hybridized carbons (Fsp3) is 0.438. The normalized spacial score (nSPS) is 11.7. The Bertz CT molecular complexity index is 408. The van der Waals surface area contributed by atoms with Crippen LogP contribution in [0.15, 0.2) is 42.1 Å². The summed E-state index contributed by atoms with van der Waals surface area (Å²) in [5.74, 6) is 0.0495. The van der Waals surface area contributed by atoms with Crippen molar-refractivity contribution in [2.24, 2.45) is 0 Å². The molecule has 0 aliphatic rings. The zero-order chi connectivity index (χ0) is 14.1. The summed E-state index contributed by atoms with van der Waals surface area (Å²) in [5.41, 5.74) is 1.65. The number of rotatable bonds is 8. The van der Waals surface area contributed by atoms with Crippen LogP contribution in [0.4, 0.5) is 0 Å². The van der Waals surface area contributed by atoms with E-state index in [0.717, 1.165) is 37.4 Å². The Morgan fingerprint density at radius 2 is 1.84 bits per heavy atom. The third-order valence-electron chi connectivity index (χ3n) is 3.13. The van der Waals surface area contributed by atoms with Crippen molar-refractivity contribution in [3.05, 3.63) is 47.7 Å². The predicted octanol–water partition coefficient (Wildman–Crippen LogP) is 2.70. The van der Waals surface area contributed by atoms with Gasteiger partial charge in [-0.3, -0.25) is 4.79 Å². The maximum atomic E-state index is 11.9. The summed E-state index contributed by atoms with van der Waals surface area (Å²) >= 11 is 0. The molecule has 3 nitrogen and oxygen atoms in total. The highest BCUT2D eigenvalue weighted by molar-refractivity contribution is 6.04. The first kappa shape index (κ1) is 15.4. The number of allylic oxidation sites excluding steroid dienone is 2. The molecule has 0 radical (unpaired) electrons. The van der Waals surface area contributed by atoms with E-state index < -0.39 is 0 Å². The highest BCUT2D eigenvalue weighted by atomic mass is 16.1. The molecule has 104 valence electrons. The molecular weight excluding hydrogens is 236 g/mol. The zero-order valence-corrected chi connectivity index (χ0v) is 12.1. The molecule has 1 aromatic carbocycles. The summed E-state index contributed by atoms with van der Waals surface area (Å²) in [6.45, 7) is 10.2. The lowest BCUT2D eigenvalue weighted by molar-refractivity contribution is 0.104. The van der Waals surface area contributed by atoms with Crippen LogP contribution in [0, 0.1) is 0 Å². The van der Waals surface area contributed by atoms with E-state index in [-0.39, 0.29) is 5.78 Å². The summed E-state index contributed by atoms with van der Waals surface area (Å²) < 4.78 is 0. The molecular formula is C16H24N2O. The Morgan fingerprint density at radius 1 is 1.21 bits per heavy atom. The predicted molar refractivity (Wildman–Crippen MR) is 80.3 cm³/mol. The van der Waals surface area contributed by atoms with Crippen LogP contribution in [-0.4, -0.2) is 36.9 Å². The van der Waals surface area contributed by atoms with Crippen molar-refractivity contribution < 1.29 is 4.79 Å². The Hall–Kier alpha value is -1.61. The summed E-state index contributed by atoms with van der Waals surface area (Å²) in [6, 6.07) is 9.34. The molecule has 1 N–H and O–H groups in total. The summed E-state index contributed by atoms with van der Waals surface area (Å²) in [6.07, 6.45) is 1.66. The van der Waals surface area contributed by atoms with E-state index in [4.69, 9.17) is 0 Å². The molecule has 0 saturated heterocycles. The Morgan fingerprint density at radius 3 is 2.42 bits per heavy atom. The monoisotopic (exact) mass is 260 g/mol. The minimum atomic E-state index is 0.0495. The lowest BCUT2D eigenvalue weighted by atomic mass is 10.1. The number of carbonyl (C=O) groups excluding carboxylic acids is 1. The molecule has 0 atom stereocenters. The SMILES string of the molecule is CCN(CC)CCNC(C)=CC(=O)c1ccccc1. The van der Waals surface area contributed by atoms with E-state index in [0.29, 0.717) is 0 Å². The van der Waals surface area contributed by atoms with E-state index in [2.05, 4.69) is 24.1 Å². The van der Waals surface area contributed by atoms with Gasteiger partial charge in [0.05, 0.1) is 0 Å². The number of hydrogen-bond donors (Lipinski definition) is 1. The smallest absolute Gasteiger partial charge is 0.187 e. The van der Waals surface area contributed by atoms with Crippen LogP contribution < -0.4 is 5.32 Å². The molecule has 3 heteroatoms. The molecule has 0 aliphatic heterocycles. The summed E-state index contributed by atoms with van der Waals surface area (Å²) in [4.78, 5) is 14.3. The minimum Gasteiger partial charge on any atom is -0.387 e. The standard InChI is InChI=1S/C16H24N2O/c1-4-18(5-2)12-11-17-14(3)13-16(19)15-9-7-6-8-10-15/h6-10,13,17H,4-5,11-12H2,1-3H3. The first-order valence-corrected chi connectivity index (χ1v) is 6.91. The van der Waals surface area contributed by atoms with E-state index in [1.807, 2.05) is 37.3 Å². The molecule has 1 rings (SSSR count). The molecule has 19 heavy (non-hydrogen) atoms. The molecule has 1 aromatic rings.